The lowest BCUT2D eigenvalue weighted by atomic mass is 10.0. The molecule has 1 aromatic carbocycles. The Morgan fingerprint density at radius 3 is 2.37 bits per heavy atom. The van der Waals surface area contributed by atoms with Crippen molar-refractivity contribution in [3.63, 3.8) is 0 Å². The van der Waals surface area contributed by atoms with Crippen LogP contribution in [0.4, 0.5) is 11.9 Å². The average Bonchev–Trinajstić information content (AvgIpc) is 2.36. The van der Waals surface area contributed by atoms with Crippen LogP contribution in [0, 0.1) is 13.8 Å². The first-order chi connectivity index (χ1) is 9.08. The molecule has 0 saturated heterocycles. The summed E-state index contributed by atoms with van der Waals surface area (Å²) in [5.41, 5.74) is 8.09. The fourth-order valence-corrected chi connectivity index (χ4v) is 1.94. The van der Waals surface area contributed by atoms with E-state index >= 15 is 0 Å². The minimum absolute atomic E-state index is 0.168. The first-order valence-electron chi connectivity index (χ1n) is 6.39. The number of hydrogen-bond donors (Lipinski definition) is 2. The zero-order valence-corrected chi connectivity index (χ0v) is 11.5. The van der Waals surface area contributed by atoms with E-state index in [1.807, 2.05) is 0 Å². The van der Waals surface area contributed by atoms with Crippen molar-refractivity contribution in [2.75, 3.05) is 11.1 Å². The second-order valence-electron chi connectivity index (χ2n) is 4.58. The third-order valence-electron chi connectivity index (χ3n) is 2.96. The largest absolute Gasteiger partial charge is 0.368 e. The smallest absolute Gasteiger partial charge is 0.228 e. The van der Waals surface area contributed by atoms with Crippen molar-refractivity contribution in [1.29, 1.82) is 0 Å². The molecule has 0 aliphatic rings. The Kier molecular flexibility index (Phi) is 3.94. The molecule has 0 aliphatic carbocycles. The third-order valence-corrected chi connectivity index (χ3v) is 2.96. The van der Waals surface area contributed by atoms with Gasteiger partial charge in [-0.2, -0.15) is 15.0 Å². The lowest BCUT2D eigenvalue weighted by Crippen LogP contribution is -2.14. The molecule has 2 rings (SSSR count). The quantitative estimate of drug-likeness (QED) is 0.880. The molecule has 1 atom stereocenters. The zero-order chi connectivity index (χ0) is 13.8. The molecule has 19 heavy (non-hydrogen) atoms. The summed E-state index contributed by atoms with van der Waals surface area (Å²) in [6.07, 6.45) is 0.938. The van der Waals surface area contributed by atoms with E-state index in [4.69, 9.17) is 5.73 Å². The highest BCUT2D eigenvalue weighted by molar-refractivity contribution is 5.36. The van der Waals surface area contributed by atoms with Crippen LogP contribution >= 0.6 is 0 Å². The first-order valence-corrected chi connectivity index (χ1v) is 6.39. The van der Waals surface area contributed by atoms with E-state index < -0.39 is 0 Å². The minimum Gasteiger partial charge on any atom is -0.368 e. The summed E-state index contributed by atoms with van der Waals surface area (Å²) >= 11 is 0. The van der Waals surface area contributed by atoms with E-state index in [1.165, 1.54) is 11.1 Å². The van der Waals surface area contributed by atoms with Crippen molar-refractivity contribution < 1.29 is 0 Å². The molecule has 0 spiro atoms. The molecule has 0 fully saturated rings. The van der Waals surface area contributed by atoms with Gasteiger partial charge in [-0.05, 0) is 25.8 Å². The predicted octanol–water partition coefficient (Wildman–Crippen LogP) is 2.63. The predicted molar refractivity (Wildman–Crippen MR) is 76.8 cm³/mol. The van der Waals surface area contributed by atoms with Gasteiger partial charge in [0.15, 0.2) is 0 Å². The third kappa shape index (κ3) is 3.40. The average molecular weight is 257 g/mol. The maximum absolute atomic E-state index is 5.63. The topological polar surface area (TPSA) is 76.7 Å². The van der Waals surface area contributed by atoms with E-state index in [-0.39, 0.29) is 12.0 Å². The number of aromatic nitrogens is 3. The van der Waals surface area contributed by atoms with Gasteiger partial charge in [-0.15, -0.1) is 0 Å². The minimum atomic E-state index is 0.168. The number of rotatable bonds is 4. The van der Waals surface area contributed by atoms with Gasteiger partial charge in [0.25, 0.3) is 0 Å². The van der Waals surface area contributed by atoms with Crippen LogP contribution in [-0.4, -0.2) is 15.0 Å². The van der Waals surface area contributed by atoms with Crippen molar-refractivity contribution >= 4 is 11.9 Å². The summed E-state index contributed by atoms with van der Waals surface area (Å²) in [6.45, 7) is 6.00. The Balaban J connectivity index is 2.21. The SMILES string of the molecule is CCC(Nc1nc(C)nc(N)n1)c1ccc(C)cc1. The van der Waals surface area contributed by atoms with Crippen molar-refractivity contribution in [1.82, 2.24) is 15.0 Å². The molecule has 0 aliphatic heterocycles. The Morgan fingerprint density at radius 1 is 1.11 bits per heavy atom. The van der Waals surface area contributed by atoms with Crippen LogP contribution in [0.3, 0.4) is 0 Å². The highest BCUT2D eigenvalue weighted by Gasteiger charge is 2.11. The number of benzene rings is 1. The number of nitrogens with two attached hydrogens (primary N) is 1. The van der Waals surface area contributed by atoms with Crippen LogP contribution in [0.5, 0.6) is 0 Å². The summed E-state index contributed by atoms with van der Waals surface area (Å²) in [4.78, 5) is 12.3. The molecule has 2 aromatic rings. The summed E-state index contributed by atoms with van der Waals surface area (Å²) in [7, 11) is 0. The molecular formula is C14H19N5. The number of anilines is 2. The molecule has 3 N–H and O–H groups in total. The lowest BCUT2D eigenvalue weighted by Gasteiger charge is -2.17. The Morgan fingerprint density at radius 2 is 1.79 bits per heavy atom. The van der Waals surface area contributed by atoms with Gasteiger partial charge in [-0.3, -0.25) is 0 Å². The van der Waals surface area contributed by atoms with Crippen LogP contribution in [0.1, 0.15) is 36.3 Å². The monoisotopic (exact) mass is 257 g/mol. The number of hydrogen-bond acceptors (Lipinski definition) is 5. The second-order valence-corrected chi connectivity index (χ2v) is 4.58. The van der Waals surface area contributed by atoms with Crippen LogP contribution < -0.4 is 11.1 Å². The maximum atomic E-state index is 5.63. The van der Waals surface area contributed by atoms with E-state index in [1.54, 1.807) is 6.92 Å². The van der Waals surface area contributed by atoms with Crippen LogP contribution in [0.2, 0.25) is 0 Å². The summed E-state index contributed by atoms with van der Waals surface area (Å²) in [5, 5.41) is 3.30. The fraction of sp³-hybridized carbons (Fsp3) is 0.357. The van der Waals surface area contributed by atoms with Gasteiger partial charge in [0.05, 0.1) is 6.04 Å². The normalized spacial score (nSPS) is 12.2. The number of aryl methyl sites for hydroxylation is 2. The molecule has 5 heteroatoms. The molecule has 1 unspecified atom stereocenters. The van der Waals surface area contributed by atoms with E-state index in [9.17, 15) is 0 Å². The van der Waals surface area contributed by atoms with Crippen molar-refractivity contribution in [3.05, 3.63) is 41.2 Å². The van der Waals surface area contributed by atoms with Crippen molar-refractivity contribution in [3.8, 4) is 0 Å². The molecule has 5 nitrogen and oxygen atoms in total. The van der Waals surface area contributed by atoms with Gasteiger partial charge in [-0.1, -0.05) is 36.8 Å². The van der Waals surface area contributed by atoms with Crippen LogP contribution in [0.25, 0.3) is 0 Å². The van der Waals surface area contributed by atoms with Gasteiger partial charge >= 0.3 is 0 Å². The Bertz CT molecular complexity index is 530. The molecule has 1 aromatic heterocycles. The molecule has 0 saturated carbocycles. The van der Waals surface area contributed by atoms with E-state index in [0.717, 1.165) is 6.42 Å². The fourth-order valence-electron chi connectivity index (χ4n) is 1.94. The van der Waals surface area contributed by atoms with Crippen molar-refractivity contribution in [2.24, 2.45) is 0 Å². The Hall–Kier alpha value is -2.17. The van der Waals surface area contributed by atoms with Crippen LogP contribution in [-0.2, 0) is 0 Å². The van der Waals surface area contributed by atoms with Crippen molar-refractivity contribution in [2.45, 2.75) is 33.2 Å². The first kappa shape index (κ1) is 13.3. The number of nitrogen functional groups attached to an aromatic ring is 1. The molecule has 0 amide bonds. The Labute approximate surface area is 113 Å². The van der Waals surface area contributed by atoms with E-state index in [2.05, 4.69) is 58.4 Å². The lowest BCUT2D eigenvalue weighted by molar-refractivity contribution is 0.735. The second kappa shape index (κ2) is 5.65. The molecule has 0 bridgehead atoms. The van der Waals surface area contributed by atoms with Gasteiger partial charge < -0.3 is 11.1 Å². The highest BCUT2D eigenvalue weighted by atomic mass is 15.2. The standard InChI is InChI=1S/C14H19N5/c1-4-12(11-7-5-9(2)6-8-11)18-14-17-10(3)16-13(15)19-14/h5-8,12H,4H2,1-3H3,(H3,15,16,17,18,19). The molecule has 0 radical (unpaired) electrons. The zero-order valence-electron chi connectivity index (χ0n) is 11.5. The number of nitrogens with zero attached hydrogens (tertiary/aromatic N) is 3. The molecule has 1 heterocycles. The summed E-state index contributed by atoms with van der Waals surface area (Å²) in [5.74, 6) is 1.39. The maximum Gasteiger partial charge on any atom is 0.228 e. The molecule has 100 valence electrons. The van der Waals surface area contributed by atoms with Gasteiger partial charge in [0.1, 0.15) is 5.82 Å². The van der Waals surface area contributed by atoms with E-state index in [0.29, 0.717) is 11.8 Å². The van der Waals surface area contributed by atoms with Crippen LogP contribution in [0.15, 0.2) is 24.3 Å². The molecular weight excluding hydrogens is 238 g/mol. The summed E-state index contributed by atoms with van der Waals surface area (Å²) in [6, 6.07) is 8.61. The van der Waals surface area contributed by atoms with Gasteiger partial charge in [-0.25, -0.2) is 0 Å². The van der Waals surface area contributed by atoms with Gasteiger partial charge in [0, 0.05) is 0 Å². The highest BCUT2D eigenvalue weighted by Crippen LogP contribution is 2.21. The number of nitrogens with one attached hydrogen (secondary N) is 1. The summed E-state index contributed by atoms with van der Waals surface area (Å²) < 4.78 is 0. The van der Waals surface area contributed by atoms with Gasteiger partial charge in [0.2, 0.25) is 11.9 Å².